The van der Waals surface area contributed by atoms with Crippen molar-refractivity contribution in [1.29, 1.82) is 0 Å². The molecule has 0 radical (unpaired) electrons. The first-order valence-electron chi connectivity index (χ1n) is 8.42. The average molecular weight is 366 g/mol. The van der Waals surface area contributed by atoms with Crippen LogP contribution in [0, 0.1) is 5.82 Å². The quantitative estimate of drug-likeness (QED) is 0.597. The molecule has 5 nitrogen and oxygen atoms in total. The first kappa shape index (κ1) is 18.7. The first-order chi connectivity index (χ1) is 13.2. The van der Waals surface area contributed by atoms with Crippen LogP contribution in [0.15, 0.2) is 73.3 Å². The Morgan fingerprint density at radius 2 is 1.56 bits per heavy atom. The molecule has 27 heavy (non-hydrogen) atoms. The van der Waals surface area contributed by atoms with Crippen molar-refractivity contribution in [2.45, 2.75) is 12.0 Å². The number of aromatic nitrogens is 2. The highest BCUT2D eigenvalue weighted by Gasteiger charge is 2.29. The van der Waals surface area contributed by atoms with Crippen molar-refractivity contribution in [2.24, 2.45) is 0 Å². The summed E-state index contributed by atoms with van der Waals surface area (Å²) in [4.78, 5) is 20.1. The predicted octanol–water partition coefficient (Wildman–Crippen LogP) is 3.68. The molecule has 1 unspecified atom stereocenters. The third kappa shape index (κ3) is 4.74. The number of methoxy groups -OCH3 is 1. The molecule has 0 fully saturated rings. The molecule has 0 N–H and O–H groups in total. The molecule has 0 amide bonds. The maximum absolute atomic E-state index is 13.4. The number of halogens is 1. The normalized spacial score (nSPS) is 12.0. The molecule has 3 rings (SSSR count). The minimum atomic E-state index is -0.557. The zero-order chi connectivity index (χ0) is 19.1. The Morgan fingerprint density at radius 1 is 0.963 bits per heavy atom. The number of hydrogen-bond donors (Lipinski definition) is 0. The number of pyridine rings is 2. The minimum Gasteiger partial charge on any atom is -0.467 e. The van der Waals surface area contributed by atoms with E-state index in [-0.39, 0.29) is 18.3 Å². The van der Waals surface area contributed by atoms with Gasteiger partial charge in [-0.15, -0.1) is 0 Å². The number of carbonyl (C=O) groups excluding carboxylic acids is 1. The van der Waals surface area contributed by atoms with E-state index in [1.807, 2.05) is 24.3 Å². The van der Waals surface area contributed by atoms with E-state index in [0.29, 0.717) is 0 Å². The van der Waals surface area contributed by atoms with Crippen LogP contribution < -0.4 is 0 Å². The number of esters is 1. The lowest BCUT2D eigenvalue weighted by atomic mass is 9.85. The molecular formula is C21H19FN2O3. The molecule has 0 saturated heterocycles. The molecule has 6 heteroatoms. The fraction of sp³-hybridized carbons (Fsp3) is 0.190. The van der Waals surface area contributed by atoms with Gasteiger partial charge in [-0.1, -0.05) is 24.3 Å². The number of carbonyl (C=O) groups is 1. The highest BCUT2D eigenvalue weighted by molar-refractivity contribution is 5.70. The molecule has 1 atom stereocenters. The number of benzene rings is 1. The second-order valence-electron chi connectivity index (χ2n) is 5.91. The zero-order valence-corrected chi connectivity index (χ0v) is 14.8. The Bertz CT molecular complexity index is 818. The van der Waals surface area contributed by atoms with Gasteiger partial charge in [-0.3, -0.25) is 9.97 Å². The summed E-state index contributed by atoms with van der Waals surface area (Å²) in [6.07, 6.45) is 6.31. The standard InChI is InChI=1S/C21H19FN2O3/c1-26-19(25)14-27-21(15-6-8-18(22)9-7-15)20(16-4-2-10-23-12-16)17-5-3-11-24-13-17/h2-13,20-21H,14H2,1H3. The Kier molecular flexibility index (Phi) is 6.22. The van der Waals surface area contributed by atoms with E-state index in [9.17, 15) is 9.18 Å². The molecule has 0 saturated carbocycles. The fourth-order valence-electron chi connectivity index (χ4n) is 2.92. The molecule has 1 aromatic carbocycles. The summed E-state index contributed by atoms with van der Waals surface area (Å²) in [7, 11) is 1.30. The van der Waals surface area contributed by atoms with E-state index in [0.717, 1.165) is 16.7 Å². The third-order valence-corrected chi connectivity index (χ3v) is 4.20. The van der Waals surface area contributed by atoms with Gasteiger partial charge in [-0.05, 0) is 41.0 Å². The Hall–Kier alpha value is -3.12. The van der Waals surface area contributed by atoms with Gasteiger partial charge in [0.2, 0.25) is 0 Å². The van der Waals surface area contributed by atoms with Gasteiger partial charge in [0.1, 0.15) is 12.4 Å². The topological polar surface area (TPSA) is 61.3 Å². The van der Waals surface area contributed by atoms with Crippen molar-refractivity contribution in [3.05, 3.63) is 95.8 Å². The van der Waals surface area contributed by atoms with E-state index < -0.39 is 12.1 Å². The van der Waals surface area contributed by atoms with E-state index in [1.54, 1.807) is 36.9 Å². The lowest BCUT2D eigenvalue weighted by Crippen LogP contribution is -2.21. The molecule has 3 aromatic rings. The van der Waals surface area contributed by atoms with Gasteiger partial charge in [0.15, 0.2) is 0 Å². The number of rotatable bonds is 7. The van der Waals surface area contributed by atoms with Gasteiger partial charge in [-0.2, -0.15) is 0 Å². The van der Waals surface area contributed by atoms with E-state index >= 15 is 0 Å². The molecule has 0 bridgehead atoms. The molecule has 0 aliphatic heterocycles. The molecule has 2 aromatic heterocycles. The van der Waals surface area contributed by atoms with Crippen molar-refractivity contribution in [2.75, 3.05) is 13.7 Å². The summed E-state index contributed by atoms with van der Waals surface area (Å²) in [5, 5.41) is 0. The molecule has 2 heterocycles. The van der Waals surface area contributed by atoms with Crippen LogP contribution in [-0.2, 0) is 14.3 Å². The molecule has 0 aliphatic rings. The minimum absolute atomic E-state index is 0.227. The number of ether oxygens (including phenoxy) is 2. The maximum Gasteiger partial charge on any atom is 0.331 e. The zero-order valence-electron chi connectivity index (χ0n) is 14.8. The molecule has 0 spiro atoms. The third-order valence-electron chi connectivity index (χ3n) is 4.20. The summed E-state index contributed by atoms with van der Waals surface area (Å²) in [5.74, 6) is -1.12. The van der Waals surface area contributed by atoms with Gasteiger partial charge in [0.05, 0.1) is 13.2 Å². The lowest BCUT2D eigenvalue weighted by molar-refractivity contribution is -0.148. The Morgan fingerprint density at radius 3 is 2.04 bits per heavy atom. The summed E-state index contributed by atoms with van der Waals surface area (Å²) in [6, 6.07) is 13.6. The van der Waals surface area contributed by atoms with Crippen LogP contribution in [0.4, 0.5) is 4.39 Å². The summed E-state index contributed by atoms with van der Waals surface area (Å²) >= 11 is 0. The van der Waals surface area contributed by atoms with E-state index in [1.165, 1.54) is 19.2 Å². The maximum atomic E-state index is 13.4. The molecule has 0 aliphatic carbocycles. The van der Waals surface area contributed by atoms with E-state index in [2.05, 4.69) is 9.97 Å². The van der Waals surface area contributed by atoms with Crippen molar-refractivity contribution < 1.29 is 18.7 Å². The van der Waals surface area contributed by atoms with Crippen LogP contribution in [0.1, 0.15) is 28.7 Å². The number of hydrogen-bond acceptors (Lipinski definition) is 5. The lowest BCUT2D eigenvalue weighted by Gasteiger charge is -2.28. The van der Waals surface area contributed by atoms with Crippen LogP contribution in [-0.4, -0.2) is 29.7 Å². The van der Waals surface area contributed by atoms with Crippen molar-refractivity contribution in [3.8, 4) is 0 Å². The van der Waals surface area contributed by atoms with Crippen LogP contribution in [0.3, 0.4) is 0 Å². The Labute approximate surface area is 156 Å². The summed E-state index contributed by atoms with van der Waals surface area (Å²) < 4.78 is 24.1. The van der Waals surface area contributed by atoms with Crippen LogP contribution in [0.2, 0.25) is 0 Å². The van der Waals surface area contributed by atoms with Gasteiger partial charge in [0.25, 0.3) is 0 Å². The van der Waals surface area contributed by atoms with E-state index in [4.69, 9.17) is 9.47 Å². The second-order valence-corrected chi connectivity index (χ2v) is 5.91. The van der Waals surface area contributed by atoms with Crippen molar-refractivity contribution in [1.82, 2.24) is 9.97 Å². The fourth-order valence-corrected chi connectivity index (χ4v) is 2.92. The van der Waals surface area contributed by atoms with Crippen LogP contribution >= 0.6 is 0 Å². The SMILES string of the molecule is COC(=O)COC(c1ccc(F)cc1)C(c1cccnc1)c1cccnc1. The molecular weight excluding hydrogens is 347 g/mol. The van der Waals surface area contributed by atoms with Gasteiger partial charge < -0.3 is 9.47 Å². The predicted molar refractivity (Wildman–Crippen MR) is 97.4 cm³/mol. The monoisotopic (exact) mass is 366 g/mol. The van der Waals surface area contributed by atoms with Gasteiger partial charge in [-0.25, -0.2) is 9.18 Å². The summed E-state index contributed by atoms with van der Waals surface area (Å²) in [5.41, 5.74) is 2.52. The average Bonchev–Trinajstić information content (AvgIpc) is 2.73. The van der Waals surface area contributed by atoms with Gasteiger partial charge >= 0.3 is 5.97 Å². The molecule has 138 valence electrons. The first-order valence-corrected chi connectivity index (χ1v) is 8.42. The van der Waals surface area contributed by atoms with Crippen LogP contribution in [0.25, 0.3) is 0 Å². The smallest absolute Gasteiger partial charge is 0.331 e. The van der Waals surface area contributed by atoms with Crippen LogP contribution in [0.5, 0.6) is 0 Å². The number of nitrogens with zero attached hydrogens (tertiary/aromatic N) is 2. The highest BCUT2D eigenvalue weighted by atomic mass is 19.1. The Balaban J connectivity index is 2.06. The highest BCUT2D eigenvalue weighted by Crippen LogP contribution is 2.38. The summed E-state index contributed by atoms with van der Waals surface area (Å²) in [6.45, 7) is -0.227. The van der Waals surface area contributed by atoms with Crippen molar-refractivity contribution >= 4 is 5.97 Å². The largest absolute Gasteiger partial charge is 0.467 e. The second kappa shape index (κ2) is 9.00. The van der Waals surface area contributed by atoms with Crippen molar-refractivity contribution in [3.63, 3.8) is 0 Å². The van der Waals surface area contributed by atoms with Gasteiger partial charge in [0, 0.05) is 30.7 Å².